The van der Waals surface area contributed by atoms with Gasteiger partial charge in [-0.05, 0) is 51.3 Å². The lowest BCUT2D eigenvalue weighted by atomic mass is 10.1. The van der Waals surface area contributed by atoms with Gasteiger partial charge in [-0.2, -0.15) is 0 Å². The first kappa shape index (κ1) is 18.9. The molecular formula is C17H28O3Si2. The zero-order chi connectivity index (χ0) is 16.8. The lowest BCUT2D eigenvalue weighted by Crippen LogP contribution is -2.28. The van der Waals surface area contributed by atoms with E-state index < -0.39 is 16.6 Å². The molecule has 0 aliphatic rings. The molecule has 0 saturated heterocycles. The van der Waals surface area contributed by atoms with E-state index >= 15 is 0 Å². The summed E-state index contributed by atoms with van der Waals surface area (Å²) < 4.78 is 11.7. The highest BCUT2D eigenvalue weighted by Crippen LogP contribution is 2.25. The number of hydrogen-bond acceptors (Lipinski definition) is 3. The van der Waals surface area contributed by atoms with Crippen molar-refractivity contribution in [2.24, 2.45) is 0 Å². The van der Waals surface area contributed by atoms with E-state index in [1.165, 1.54) is 6.08 Å². The molecule has 1 unspecified atom stereocenters. The van der Waals surface area contributed by atoms with Crippen molar-refractivity contribution in [3.8, 4) is 0 Å². The van der Waals surface area contributed by atoms with Gasteiger partial charge in [-0.15, -0.1) is 0 Å². The molecule has 1 rings (SSSR count). The maximum Gasteiger partial charge on any atom is 0.317 e. The standard InChI is InChI=1S/C17H28O3Si2/c1-21(2,3)19-16(15-11-8-7-9-12-15)13-10-14-17(18)20-22(4,5)6/h7-12,14,16H,13H2,1-6H3/b14-10+. The van der Waals surface area contributed by atoms with Crippen LogP contribution in [0.3, 0.4) is 0 Å². The number of rotatable bonds is 7. The van der Waals surface area contributed by atoms with Gasteiger partial charge in [-0.3, -0.25) is 0 Å². The van der Waals surface area contributed by atoms with Gasteiger partial charge in [-0.25, -0.2) is 4.79 Å². The van der Waals surface area contributed by atoms with Crippen molar-refractivity contribution in [3.05, 3.63) is 48.0 Å². The van der Waals surface area contributed by atoms with Gasteiger partial charge >= 0.3 is 5.97 Å². The fourth-order valence-corrected chi connectivity index (χ4v) is 3.73. The van der Waals surface area contributed by atoms with Crippen molar-refractivity contribution in [1.82, 2.24) is 0 Å². The Morgan fingerprint density at radius 2 is 1.64 bits per heavy atom. The van der Waals surface area contributed by atoms with E-state index in [9.17, 15) is 4.79 Å². The summed E-state index contributed by atoms with van der Waals surface area (Å²) in [5.41, 5.74) is 1.15. The van der Waals surface area contributed by atoms with Gasteiger partial charge in [0.25, 0.3) is 0 Å². The first-order valence-corrected chi connectivity index (χ1v) is 14.5. The molecule has 122 valence electrons. The Morgan fingerprint density at radius 3 is 2.14 bits per heavy atom. The normalized spacial score (nSPS) is 14.1. The first-order valence-electron chi connectivity index (χ1n) is 7.69. The molecule has 0 radical (unpaired) electrons. The highest BCUT2D eigenvalue weighted by molar-refractivity contribution is 6.71. The fraction of sp³-hybridized carbons (Fsp3) is 0.471. The maximum absolute atomic E-state index is 11.8. The molecule has 1 aromatic carbocycles. The molecule has 3 nitrogen and oxygen atoms in total. The average molecular weight is 337 g/mol. The van der Waals surface area contributed by atoms with Gasteiger partial charge in [0.05, 0.1) is 6.10 Å². The fourth-order valence-electron chi connectivity index (χ4n) is 1.97. The van der Waals surface area contributed by atoms with Crippen molar-refractivity contribution < 1.29 is 13.6 Å². The van der Waals surface area contributed by atoms with Crippen LogP contribution in [0.15, 0.2) is 42.5 Å². The van der Waals surface area contributed by atoms with Gasteiger partial charge < -0.3 is 8.85 Å². The lowest BCUT2D eigenvalue weighted by Gasteiger charge is -2.26. The summed E-state index contributed by atoms with van der Waals surface area (Å²) in [5, 5.41) is 0. The largest absolute Gasteiger partial charge is 0.517 e. The average Bonchev–Trinajstić information content (AvgIpc) is 2.35. The van der Waals surface area contributed by atoms with Crippen LogP contribution in [0.25, 0.3) is 0 Å². The van der Waals surface area contributed by atoms with E-state index in [0.29, 0.717) is 6.42 Å². The smallest absolute Gasteiger partial charge is 0.317 e. The predicted molar refractivity (Wildman–Crippen MR) is 96.8 cm³/mol. The minimum atomic E-state index is -1.82. The Morgan fingerprint density at radius 1 is 1.05 bits per heavy atom. The van der Waals surface area contributed by atoms with Crippen LogP contribution >= 0.6 is 0 Å². The lowest BCUT2D eigenvalue weighted by molar-refractivity contribution is -0.129. The van der Waals surface area contributed by atoms with E-state index in [1.807, 2.05) is 43.9 Å². The molecule has 0 N–H and O–H groups in total. The molecular weight excluding hydrogens is 308 g/mol. The van der Waals surface area contributed by atoms with E-state index in [1.54, 1.807) is 0 Å². The summed E-state index contributed by atoms with van der Waals surface area (Å²) in [7, 11) is -3.49. The quantitative estimate of drug-likeness (QED) is 0.524. The second-order valence-corrected chi connectivity index (χ2v) is 16.2. The van der Waals surface area contributed by atoms with Crippen LogP contribution in [0.2, 0.25) is 39.3 Å². The Kier molecular flexibility index (Phi) is 6.77. The Hall–Kier alpha value is -1.18. The minimum Gasteiger partial charge on any atom is -0.517 e. The van der Waals surface area contributed by atoms with Crippen molar-refractivity contribution >= 4 is 22.6 Å². The van der Waals surface area contributed by atoms with Crippen molar-refractivity contribution in [3.63, 3.8) is 0 Å². The molecule has 0 fully saturated rings. The highest BCUT2D eigenvalue weighted by atomic mass is 28.4. The molecule has 0 amide bonds. The number of benzene rings is 1. The van der Waals surface area contributed by atoms with Crippen LogP contribution in [0.5, 0.6) is 0 Å². The zero-order valence-electron chi connectivity index (χ0n) is 14.6. The predicted octanol–water partition coefficient (Wildman–Crippen LogP) is 4.90. The molecule has 22 heavy (non-hydrogen) atoms. The molecule has 1 aromatic rings. The zero-order valence-corrected chi connectivity index (χ0v) is 16.6. The Balaban J connectivity index is 2.72. The highest BCUT2D eigenvalue weighted by Gasteiger charge is 2.22. The van der Waals surface area contributed by atoms with Gasteiger partial charge in [0.15, 0.2) is 8.32 Å². The third-order valence-corrected chi connectivity index (χ3v) is 4.48. The summed E-state index contributed by atoms with van der Waals surface area (Å²) in [5.74, 6) is -0.251. The summed E-state index contributed by atoms with van der Waals surface area (Å²) in [6.45, 7) is 12.5. The van der Waals surface area contributed by atoms with Crippen LogP contribution in [0.4, 0.5) is 0 Å². The summed E-state index contributed by atoms with van der Waals surface area (Å²) >= 11 is 0. The summed E-state index contributed by atoms with van der Waals surface area (Å²) in [4.78, 5) is 11.8. The second kappa shape index (κ2) is 7.90. The van der Waals surface area contributed by atoms with Crippen LogP contribution < -0.4 is 0 Å². The monoisotopic (exact) mass is 336 g/mol. The van der Waals surface area contributed by atoms with E-state index in [4.69, 9.17) is 8.85 Å². The van der Waals surface area contributed by atoms with Crippen molar-refractivity contribution in [2.45, 2.75) is 51.8 Å². The molecule has 0 spiro atoms. The number of carbonyl (C=O) groups excluding carboxylic acids is 1. The van der Waals surface area contributed by atoms with Gasteiger partial charge in [-0.1, -0.05) is 36.4 Å². The second-order valence-electron chi connectivity index (χ2n) is 7.30. The van der Waals surface area contributed by atoms with Crippen molar-refractivity contribution in [1.29, 1.82) is 0 Å². The van der Waals surface area contributed by atoms with Gasteiger partial charge in [0.2, 0.25) is 8.32 Å². The summed E-state index contributed by atoms with van der Waals surface area (Å²) in [6, 6.07) is 10.2. The third kappa shape index (κ3) is 8.31. The van der Waals surface area contributed by atoms with Gasteiger partial charge in [0, 0.05) is 6.08 Å². The first-order chi connectivity index (χ1) is 10.1. The molecule has 0 aliphatic carbocycles. The molecule has 0 aromatic heterocycles. The Bertz CT molecular complexity index is 499. The van der Waals surface area contributed by atoms with E-state index in [2.05, 4.69) is 31.8 Å². The van der Waals surface area contributed by atoms with Crippen molar-refractivity contribution in [2.75, 3.05) is 0 Å². The van der Waals surface area contributed by atoms with Gasteiger partial charge in [0.1, 0.15) is 0 Å². The molecule has 0 bridgehead atoms. The third-order valence-electron chi connectivity index (χ3n) is 2.68. The molecule has 5 heteroatoms. The summed E-state index contributed by atoms with van der Waals surface area (Å²) in [6.07, 6.45) is 4.06. The molecule has 0 heterocycles. The van der Waals surface area contributed by atoms with Crippen LogP contribution in [-0.2, 0) is 13.6 Å². The SMILES string of the molecule is C[Si](C)(C)OC(=O)/C=C/CC(O[Si](C)(C)C)c1ccccc1. The number of carbonyl (C=O) groups is 1. The topological polar surface area (TPSA) is 35.5 Å². The molecule has 1 atom stereocenters. The number of hydrogen-bond donors (Lipinski definition) is 0. The van der Waals surface area contributed by atoms with Crippen LogP contribution in [0.1, 0.15) is 18.1 Å². The Labute approximate surface area is 136 Å². The molecule has 0 aliphatic heterocycles. The maximum atomic E-state index is 11.8. The van der Waals surface area contributed by atoms with Crippen LogP contribution in [0, 0.1) is 0 Å². The minimum absolute atomic E-state index is 0.0104. The van der Waals surface area contributed by atoms with E-state index in [0.717, 1.165) is 5.56 Å². The van der Waals surface area contributed by atoms with Crippen LogP contribution in [-0.4, -0.2) is 22.6 Å². The molecule has 0 saturated carbocycles. The van der Waals surface area contributed by atoms with E-state index in [-0.39, 0.29) is 12.1 Å².